The Morgan fingerprint density at radius 2 is 1.47 bits per heavy atom. The number of hydrogen-bond donors (Lipinski definition) is 1. The molecule has 7 nitrogen and oxygen atoms in total. The van der Waals surface area contributed by atoms with E-state index in [1.54, 1.807) is 4.90 Å². The summed E-state index contributed by atoms with van der Waals surface area (Å²) in [5.41, 5.74) is 0.749. The number of carbonyl (C=O) groups is 2. The number of hydrogen-bond acceptors (Lipinski definition) is 5. The lowest BCUT2D eigenvalue weighted by molar-refractivity contribution is -0.00119. The Kier molecular flexibility index (Phi) is 6.60. The van der Waals surface area contributed by atoms with E-state index in [2.05, 4.69) is 11.4 Å². The van der Waals surface area contributed by atoms with Crippen LogP contribution < -0.4 is 5.32 Å². The Balaban J connectivity index is 1.37. The van der Waals surface area contributed by atoms with Gasteiger partial charge in [-0.2, -0.15) is 5.26 Å². The van der Waals surface area contributed by atoms with Crippen LogP contribution in [0.4, 0.5) is 9.59 Å². The summed E-state index contributed by atoms with van der Waals surface area (Å²) in [7, 11) is 0. The largest absolute Gasteiger partial charge is 0.445 e. The fourth-order valence-corrected chi connectivity index (χ4v) is 4.72. The normalized spacial score (nSPS) is 24.2. The van der Waals surface area contributed by atoms with Crippen molar-refractivity contribution in [1.82, 2.24) is 10.2 Å². The third kappa shape index (κ3) is 5.02. The van der Waals surface area contributed by atoms with E-state index in [1.165, 1.54) is 0 Å². The molecular formula is C25H27N3O4. The molecule has 0 saturated carbocycles. The molecule has 2 fully saturated rings. The van der Waals surface area contributed by atoms with Crippen LogP contribution in [0.1, 0.15) is 43.2 Å². The maximum absolute atomic E-state index is 12.9. The van der Waals surface area contributed by atoms with Gasteiger partial charge in [0.15, 0.2) is 0 Å². The Labute approximate surface area is 187 Å². The number of nitrogens with one attached hydrogen (secondary N) is 1. The van der Waals surface area contributed by atoms with Gasteiger partial charge in [0.1, 0.15) is 18.8 Å². The van der Waals surface area contributed by atoms with Crippen molar-refractivity contribution in [2.24, 2.45) is 0 Å². The Morgan fingerprint density at radius 3 is 2.00 bits per heavy atom. The minimum Gasteiger partial charge on any atom is -0.445 e. The van der Waals surface area contributed by atoms with Crippen molar-refractivity contribution in [2.45, 2.75) is 62.9 Å². The molecule has 2 saturated heterocycles. The second-order valence-electron chi connectivity index (χ2n) is 8.47. The molecule has 7 heteroatoms. The zero-order valence-electron chi connectivity index (χ0n) is 17.9. The number of ether oxygens (including phenoxy) is 2. The Bertz CT molecular complexity index is 960. The molecule has 2 amide bonds. The monoisotopic (exact) mass is 433 g/mol. The van der Waals surface area contributed by atoms with E-state index in [9.17, 15) is 14.9 Å². The summed E-state index contributed by atoms with van der Waals surface area (Å²) in [5, 5.41) is 12.7. The highest BCUT2D eigenvalue weighted by atomic mass is 16.6. The molecule has 1 N–H and O–H groups in total. The van der Waals surface area contributed by atoms with Gasteiger partial charge in [-0.3, -0.25) is 0 Å². The lowest BCUT2D eigenvalue weighted by Crippen LogP contribution is -2.64. The van der Waals surface area contributed by atoms with Gasteiger partial charge >= 0.3 is 12.2 Å². The molecule has 2 aliphatic rings. The average Bonchev–Trinajstić information content (AvgIpc) is 2.82. The molecule has 2 aliphatic heterocycles. The highest BCUT2D eigenvalue weighted by molar-refractivity contribution is 5.71. The summed E-state index contributed by atoms with van der Waals surface area (Å²) in [6, 6.07) is 20.9. The van der Waals surface area contributed by atoms with Gasteiger partial charge in [0.05, 0.1) is 6.07 Å². The van der Waals surface area contributed by atoms with Crippen LogP contribution in [-0.4, -0.2) is 34.7 Å². The Hall–Kier alpha value is -3.53. The minimum atomic E-state index is -1.06. The number of benzene rings is 2. The summed E-state index contributed by atoms with van der Waals surface area (Å²) in [6.07, 6.45) is 2.29. The van der Waals surface area contributed by atoms with Crippen LogP contribution in [0, 0.1) is 11.3 Å². The van der Waals surface area contributed by atoms with Crippen LogP contribution in [0.25, 0.3) is 0 Å². The highest BCUT2D eigenvalue weighted by Gasteiger charge is 2.50. The standard InChI is InChI=1S/C25H27N3O4/c26-18-25(27-23(29)31-16-19-8-3-1-4-9-19)14-21-12-7-13-22(15-25)28(21)24(30)32-17-20-10-5-2-6-11-20/h1-6,8-11,21-22H,7,12-17H2,(H,27,29). The predicted molar refractivity (Wildman–Crippen MR) is 117 cm³/mol. The average molecular weight is 434 g/mol. The van der Waals surface area contributed by atoms with Crippen LogP contribution in [-0.2, 0) is 22.7 Å². The summed E-state index contributed by atoms with van der Waals surface area (Å²) < 4.78 is 10.9. The molecule has 4 rings (SSSR count). The third-order valence-electron chi connectivity index (χ3n) is 6.21. The van der Waals surface area contributed by atoms with Crippen LogP contribution >= 0.6 is 0 Å². The van der Waals surface area contributed by atoms with Gasteiger partial charge in [0.25, 0.3) is 0 Å². The molecule has 2 atom stereocenters. The van der Waals surface area contributed by atoms with Crippen molar-refractivity contribution in [1.29, 1.82) is 5.26 Å². The first-order chi connectivity index (χ1) is 15.6. The van der Waals surface area contributed by atoms with Crippen molar-refractivity contribution < 1.29 is 19.1 Å². The zero-order chi connectivity index (χ0) is 22.4. The number of amides is 2. The van der Waals surface area contributed by atoms with Crippen LogP contribution in [0.3, 0.4) is 0 Å². The lowest BCUT2D eigenvalue weighted by atomic mass is 9.74. The number of carbonyl (C=O) groups excluding carboxylic acids is 2. The SMILES string of the molecule is N#CC1(NC(=O)OCc2ccccc2)CC2CCCC(C1)N2C(=O)OCc1ccccc1. The molecule has 2 aromatic rings. The van der Waals surface area contributed by atoms with Gasteiger partial charge in [-0.15, -0.1) is 0 Å². The lowest BCUT2D eigenvalue weighted by Gasteiger charge is -2.50. The topological polar surface area (TPSA) is 91.7 Å². The smallest absolute Gasteiger partial charge is 0.410 e. The van der Waals surface area contributed by atoms with Gasteiger partial charge in [-0.05, 0) is 30.4 Å². The van der Waals surface area contributed by atoms with E-state index in [0.717, 1.165) is 30.4 Å². The summed E-state index contributed by atoms with van der Waals surface area (Å²) in [6.45, 7) is 0.349. The highest BCUT2D eigenvalue weighted by Crippen LogP contribution is 2.39. The molecule has 2 aromatic carbocycles. The summed E-state index contributed by atoms with van der Waals surface area (Å²) in [5.74, 6) is 0. The molecule has 0 aliphatic carbocycles. The van der Waals surface area contributed by atoms with E-state index < -0.39 is 11.6 Å². The number of fused-ring (bicyclic) bond motifs is 2. The van der Waals surface area contributed by atoms with Gasteiger partial charge in [0.2, 0.25) is 0 Å². The second kappa shape index (κ2) is 9.73. The molecule has 0 spiro atoms. The van der Waals surface area contributed by atoms with Gasteiger partial charge in [-0.25, -0.2) is 9.59 Å². The molecular weight excluding hydrogens is 406 g/mol. The molecule has 2 heterocycles. The summed E-state index contributed by atoms with van der Waals surface area (Å²) in [4.78, 5) is 27.1. The molecule has 0 radical (unpaired) electrons. The molecule has 32 heavy (non-hydrogen) atoms. The van der Waals surface area contributed by atoms with E-state index >= 15 is 0 Å². The van der Waals surface area contributed by atoms with E-state index in [1.807, 2.05) is 60.7 Å². The van der Waals surface area contributed by atoms with Crippen molar-refractivity contribution in [3.8, 4) is 6.07 Å². The number of piperidine rings is 2. The Morgan fingerprint density at radius 1 is 0.938 bits per heavy atom. The van der Waals surface area contributed by atoms with Crippen LogP contribution in [0.2, 0.25) is 0 Å². The van der Waals surface area contributed by atoms with Gasteiger partial charge in [-0.1, -0.05) is 60.7 Å². The van der Waals surface area contributed by atoms with Crippen molar-refractivity contribution in [2.75, 3.05) is 0 Å². The maximum atomic E-state index is 12.9. The molecule has 2 unspecified atom stereocenters. The van der Waals surface area contributed by atoms with E-state index in [-0.39, 0.29) is 31.4 Å². The van der Waals surface area contributed by atoms with Crippen LogP contribution in [0.15, 0.2) is 60.7 Å². The zero-order valence-corrected chi connectivity index (χ0v) is 17.9. The number of nitriles is 1. The molecule has 166 valence electrons. The third-order valence-corrected chi connectivity index (χ3v) is 6.21. The van der Waals surface area contributed by atoms with Crippen molar-refractivity contribution in [3.63, 3.8) is 0 Å². The van der Waals surface area contributed by atoms with Crippen molar-refractivity contribution >= 4 is 12.2 Å². The van der Waals surface area contributed by atoms with Gasteiger partial charge < -0.3 is 19.7 Å². The molecule has 0 aromatic heterocycles. The van der Waals surface area contributed by atoms with Crippen molar-refractivity contribution in [3.05, 3.63) is 71.8 Å². The number of nitrogens with zero attached hydrogens (tertiary/aromatic N) is 2. The van der Waals surface area contributed by atoms with Gasteiger partial charge in [0, 0.05) is 24.9 Å². The fourth-order valence-electron chi connectivity index (χ4n) is 4.72. The number of alkyl carbamates (subject to hydrolysis) is 1. The summed E-state index contributed by atoms with van der Waals surface area (Å²) >= 11 is 0. The quantitative estimate of drug-likeness (QED) is 0.748. The first kappa shape index (κ1) is 21.7. The maximum Gasteiger partial charge on any atom is 0.410 e. The number of rotatable bonds is 5. The van der Waals surface area contributed by atoms with Crippen LogP contribution in [0.5, 0.6) is 0 Å². The molecule has 2 bridgehead atoms. The fraction of sp³-hybridized carbons (Fsp3) is 0.400. The second-order valence-corrected chi connectivity index (χ2v) is 8.47. The van der Waals surface area contributed by atoms with E-state index in [4.69, 9.17) is 9.47 Å². The van der Waals surface area contributed by atoms with E-state index in [0.29, 0.717) is 12.8 Å². The first-order valence-corrected chi connectivity index (χ1v) is 11.0. The predicted octanol–water partition coefficient (Wildman–Crippen LogP) is 4.53. The minimum absolute atomic E-state index is 0.138. The first-order valence-electron chi connectivity index (χ1n) is 11.0.